The molecule has 2 rings (SSSR count). The van der Waals surface area contributed by atoms with Crippen molar-refractivity contribution >= 4 is 41.3 Å². The van der Waals surface area contributed by atoms with Gasteiger partial charge in [-0.25, -0.2) is 0 Å². The first-order chi connectivity index (χ1) is 14.5. The summed E-state index contributed by atoms with van der Waals surface area (Å²) in [6, 6.07) is 0. The van der Waals surface area contributed by atoms with Gasteiger partial charge in [0.25, 0.3) is 0 Å². The molecule has 2 saturated heterocycles. The summed E-state index contributed by atoms with van der Waals surface area (Å²) in [6.45, 7) is 2.85. The summed E-state index contributed by atoms with van der Waals surface area (Å²) in [7, 11) is 0. The highest BCUT2D eigenvalue weighted by Crippen LogP contribution is 2.54. The molecule has 3 N–H and O–H groups in total. The molecule has 170 valence electrons. The smallest absolute Gasteiger partial charge is 0.303 e. The van der Waals surface area contributed by atoms with Gasteiger partial charge in [-0.3, -0.25) is 14.4 Å². The fraction of sp³-hybridized carbons (Fsp3) is 0.773. The van der Waals surface area contributed by atoms with E-state index >= 15 is 0 Å². The summed E-state index contributed by atoms with van der Waals surface area (Å²) in [5.74, 6) is 1.50. The van der Waals surface area contributed by atoms with Gasteiger partial charge < -0.3 is 15.7 Å². The molecule has 4 atom stereocenters. The summed E-state index contributed by atoms with van der Waals surface area (Å²) in [6.07, 6.45) is 11.7. The van der Waals surface area contributed by atoms with Crippen molar-refractivity contribution in [3.05, 3.63) is 12.2 Å². The Labute approximate surface area is 188 Å². The van der Waals surface area contributed by atoms with Crippen LogP contribution in [-0.4, -0.2) is 58.0 Å². The van der Waals surface area contributed by atoms with Crippen molar-refractivity contribution in [3.63, 3.8) is 0 Å². The molecule has 0 saturated carbocycles. The Morgan fingerprint density at radius 3 is 2.57 bits per heavy atom. The number of hydrogen-bond acceptors (Lipinski definition) is 5. The van der Waals surface area contributed by atoms with Crippen molar-refractivity contribution in [1.29, 1.82) is 0 Å². The van der Waals surface area contributed by atoms with Crippen molar-refractivity contribution in [2.24, 2.45) is 11.8 Å². The fourth-order valence-electron chi connectivity index (χ4n) is 4.16. The zero-order valence-electron chi connectivity index (χ0n) is 17.9. The second-order valence-electron chi connectivity index (χ2n) is 8.10. The molecule has 8 heteroatoms. The lowest BCUT2D eigenvalue weighted by atomic mass is 9.77. The zero-order valence-corrected chi connectivity index (χ0v) is 19.6. The minimum atomic E-state index is -0.741. The number of rotatable bonds is 15. The van der Waals surface area contributed by atoms with Crippen LogP contribution in [0.15, 0.2) is 12.2 Å². The summed E-state index contributed by atoms with van der Waals surface area (Å²) in [5.41, 5.74) is 0. The molecule has 0 radical (unpaired) electrons. The number of fused-ring (bicyclic) bond motifs is 2. The maximum atomic E-state index is 12.2. The third-order valence-corrected chi connectivity index (χ3v) is 8.70. The Morgan fingerprint density at radius 1 is 1.07 bits per heavy atom. The Morgan fingerprint density at radius 2 is 1.83 bits per heavy atom. The lowest BCUT2D eigenvalue weighted by molar-refractivity contribution is -0.137. The first kappa shape index (κ1) is 25.1. The van der Waals surface area contributed by atoms with Gasteiger partial charge in [0.2, 0.25) is 11.8 Å². The molecule has 0 aliphatic carbocycles. The molecule has 30 heavy (non-hydrogen) atoms. The molecule has 0 unspecified atom stereocenters. The summed E-state index contributed by atoms with van der Waals surface area (Å²) < 4.78 is 0. The quantitative estimate of drug-likeness (QED) is 0.258. The molecule has 0 spiro atoms. The number of carboxylic acids is 1. The molecule has 2 aliphatic rings. The van der Waals surface area contributed by atoms with Crippen LogP contribution in [0.3, 0.4) is 0 Å². The molecule has 0 aromatic rings. The van der Waals surface area contributed by atoms with E-state index in [9.17, 15) is 14.4 Å². The maximum Gasteiger partial charge on any atom is 0.303 e. The number of aliphatic carboxylic acids is 1. The number of allylic oxidation sites excluding steroid dienone is 2. The first-order valence-corrected chi connectivity index (χ1v) is 13.2. The van der Waals surface area contributed by atoms with E-state index < -0.39 is 5.97 Å². The predicted octanol–water partition coefficient (Wildman–Crippen LogP) is 3.46. The van der Waals surface area contributed by atoms with Gasteiger partial charge in [-0.1, -0.05) is 25.5 Å². The second kappa shape index (κ2) is 14.0. The minimum absolute atomic E-state index is 0.0509. The number of carboxylic acid groups (broad SMARTS) is 1. The van der Waals surface area contributed by atoms with Gasteiger partial charge in [0.15, 0.2) is 0 Å². The van der Waals surface area contributed by atoms with Crippen LogP contribution in [-0.2, 0) is 14.4 Å². The number of hydrogen-bond donors (Lipinski definition) is 3. The summed E-state index contributed by atoms with van der Waals surface area (Å²) >= 11 is 3.68. The van der Waals surface area contributed by atoms with Crippen LogP contribution < -0.4 is 10.6 Å². The third kappa shape index (κ3) is 8.92. The van der Waals surface area contributed by atoms with E-state index in [0.717, 1.165) is 31.4 Å². The number of nitrogens with one attached hydrogen (secondary N) is 2. The average Bonchev–Trinajstić information content (AvgIpc) is 3.32. The van der Waals surface area contributed by atoms with E-state index in [4.69, 9.17) is 5.11 Å². The van der Waals surface area contributed by atoms with Gasteiger partial charge in [0, 0.05) is 23.5 Å². The van der Waals surface area contributed by atoms with Gasteiger partial charge in [0.05, 0.1) is 12.3 Å². The second-order valence-corrected chi connectivity index (χ2v) is 10.7. The van der Waals surface area contributed by atoms with Crippen LogP contribution in [0.1, 0.15) is 58.3 Å². The van der Waals surface area contributed by atoms with E-state index in [1.165, 1.54) is 12.8 Å². The number of carbonyl (C=O) groups excluding carboxylic acids is 2. The summed E-state index contributed by atoms with van der Waals surface area (Å²) in [5, 5.41) is 15.7. The Bertz CT molecular complexity index is 600. The number of amides is 2. The van der Waals surface area contributed by atoms with Crippen molar-refractivity contribution in [2.45, 2.75) is 68.8 Å². The Balaban J connectivity index is 1.66. The lowest BCUT2D eigenvalue weighted by Gasteiger charge is -2.29. The van der Waals surface area contributed by atoms with E-state index in [1.54, 1.807) is 11.8 Å². The van der Waals surface area contributed by atoms with Gasteiger partial charge in [-0.2, -0.15) is 23.5 Å². The number of thioether (sulfide) groups is 2. The van der Waals surface area contributed by atoms with E-state index in [0.29, 0.717) is 41.1 Å². The number of unbranched alkanes of at least 4 members (excludes halogenated alkanes) is 2. The van der Waals surface area contributed by atoms with Crippen LogP contribution in [0.2, 0.25) is 0 Å². The van der Waals surface area contributed by atoms with E-state index in [-0.39, 0.29) is 24.8 Å². The van der Waals surface area contributed by atoms with Crippen LogP contribution in [0.25, 0.3) is 0 Å². The van der Waals surface area contributed by atoms with E-state index in [1.807, 2.05) is 0 Å². The highest BCUT2D eigenvalue weighted by atomic mass is 32.2. The molecular weight excluding hydrogens is 420 g/mol. The van der Waals surface area contributed by atoms with Crippen LogP contribution >= 0.6 is 23.5 Å². The normalized spacial score (nSPS) is 25.0. The van der Waals surface area contributed by atoms with Crippen molar-refractivity contribution in [2.75, 3.05) is 24.6 Å². The Kier molecular flexibility index (Phi) is 11.7. The summed E-state index contributed by atoms with van der Waals surface area (Å²) in [4.78, 5) is 34.5. The van der Waals surface area contributed by atoms with Gasteiger partial charge >= 0.3 is 5.97 Å². The molecule has 2 aliphatic heterocycles. The molecule has 0 aromatic heterocycles. The highest BCUT2D eigenvalue weighted by Gasteiger charge is 2.47. The SMILES string of the molecule is CCCCSCC(=O)NCC(=O)NC[C@@H]1[C@H](C/C=C\CCCC(=O)O)[C@@H]2CC[C@H]1S2. The molecule has 2 bridgehead atoms. The fourth-order valence-corrected chi connectivity index (χ4v) is 7.09. The zero-order chi connectivity index (χ0) is 21.8. The van der Waals surface area contributed by atoms with Gasteiger partial charge in [-0.05, 0) is 56.1 Å². The van der Waals surface area contributed by atoms with Crippen LogP contribution in [0, 0.1) is 11.8 Å². The average molecular weight is 457 g/mol. The van der Waals surface area contributed by atoms with Crippen molar-refractivity contribution in [1.82, 2.24) is 10.6 Å². The minimum Gasteiger partial charge on any atom is -0.481 e. The van der Waals surface area contributed by atoms with Gasteiger partial charge in [0.1, 0.15) is 0 Å². The largest absolute Gasteiger partial charge is 0.481 e. The maximum absolute atomic E-state index is 12.2. The van der Waals surface area contributed by atoms with Gasteiger partial charge in [-0.15, -0.1) is 0 Å². The van der Waals surface area contributed by atoms with Crippen LogP contribution in [0.4, 0.5) is 0 Å². The van der Waals surface area contributed by atoms with Crippen LogP contribution in [0.5, 0.6) is 0 Å². The molecule has 2 amide bonds. The molecule has 6 nitrogen and oxygen atoms in total. The monoisotopic (exact) mass is 456 g/mol. The van der Waals surface area contributed by atoms with E-state index in [2.05, 4.69) is 41.5 Å². The number of carbonyl (C=O) groups is 3. The predicted molar refractivity (Wildman–Crippen MR) is 125 cm³/mol. The van der Waals surface area contributed by atoms with Crippen molar-refractivity contribution < 1.29 is 19.5 Å². The molecule has 2 fully saturated rings. The Hall–Kier alpha value is -1.15. The molecule has 2 heterocycles. The lowest BCUT2D eigenvalue weighted by Crippen LogP contribution is -2.42. The highest BCUT2D eigenvalue weighted by molar-refractivity contribution is 8.01. The molecule has 0 aromatic carbocycles. The standard InChI is InChI=1S/C22H36N2O4S2/c1-2-3-12-29-15-21(26)24-14-20(25)23-13-17-16(18-10-11-19(17)30-18)8-6-4-5-7-9-22(27)28/h4,6,16-19H,2-3,5,7-15H2,1H3,(H,23,25)(H,24,26)(H,27,28)/b6-4-/t16-,17+,18-,19+/m0/s1. The molecular formula is C22H36N2O4S2. The van der Waals surface area contributed by atoms with Crippen molar-refractivity contribution in [3.8, 4) is 0 Å². The topological polar surface area (TPSA) is 95.5 Å². The third-order valence-electron chi connectivity index (χ3n) is 5.78. The first-order valence-electron chi connectivity index (χ1n) is 11.1.